The molecular weight excluding hydrogens is 344 g/mol. The molecular formula is C25H32N2O. The van der Waals surface area contributed by atoms with E-state index in [0.29, 0.717) is 18.4 Å². The number of fused-ring (bicyclic) bond motifs is 5. The molecule has 148 valence electrons. The van der Waals surface area contributed by atoms with Crippen molar-refractivity contribution in [2.75, 3.05) is 16.8 Å². The minimum absolute atomic E-state index is 0.00757. The van der Waals surface area contributed by atoms with Gasteiger partial charge in [-0.3, -0.25) is 4.79 Å². The van der Waals surface area contributed by atoms with Crippen LogP contribution < -0.4 is 10.2 Å². The first-order valence-corrected chi connectivity index (χ1v) is 10.4. The van der Waals surface area contributed by atoms with Crippen molar-refractivity contribution in [1.29, 1.82) is 0 Å². The van der Waals surface area contributed by atoms with Crippen molar-refractivity contribution >= 4 is 17.3 Å². The Labute approximate surface area is 169 Å². The van der Waals surface area contributed by atoms with Crippen molar-refractivity contribution in [3.8, 4) is 0 Å². The summed E-state index contributed by atoms with van der Waals surface area (Å²) < 4.78 is 0. The Morgan fingerprint density at radius 1 is 1.07 bits per heavy atom. The van der Waals surface area contributed by atoms with Crippen LogP contribution >= 0.6 is 0 Å². The van der Waals surface area contributed by atoms with Crippen molar-refractivity contribution in [2.45, 2.75) is 66.3 Å². The maximum Gasteiger partial charge on any atom is 0.224 e. The molecule has 3 nitrogen and oxygen atoms in total. The SMILES string of the molecule is Cc1ccc2c(c1)[C@H]1C[C@H]2N(c2cc(C)c(NC(=O)CC(C)(C)C)c(C)c2)C1. The number of anilines is 2. The molecule has 2 aliphatic rings. The Kier molecular flexibility index (Phi) is 4.52. The molecule has 1 fully saturated rings. The normalized spacial score (nSPS) is 20.4. The molecule has 3 heteroatoms. The maximum absolute atomic E-state index is 12.4. The van der Waals surface area contributed by atoms with Gasteiger partial charge in [-0.1, -0.05) is 44.5 Å². The average Bonchev–Trinajstić information content (AvgIpc) is 3.15. The van der Waals surface area contributed by atoms with Crippen LogP contribution in [0, 0.1) is 26.2 Å². The summed E-state index contributed by atoms with van der Waals surface area (Å²) >= 11 is 0. The lowest BCUT2D eigenvalue weighted by Gasteiger charge is -2.32. The van der Waals surface area contributed by atoms with Gasteiger partial charge in [0.05, 0.1) is 6.04 Å². The van der Waals surface area contributed by atoms with Crippen molar-refractivity contribution in [3.63, 3.8) is 0 Å². The van der Waals surface area contributed by atoms with E-state index in [-0.39, 0.29) is 11.3 Å². The van der Waals surface area contributed by atoms with Crippen LogP contribution in [0.3, 0.4) is 0 Å². The highest BCUT2D eigenvalue weighted by Gasteiger charge is 2.42. The van der Waals surface area contributed by atoms with Crippen LogP contribution in [0.1, 0.15) is 73.4 Å². The van der Waals surface area contributed by atoms with Crippen molar-refractivity contribution in [2.24, 2.45) is 5.41 Å². The molecule has 0 unspecified atom stereocenters. The van der Waals surface area contributed by atoms with E-state index in [1.165, 1.54) is 23.2 Å². The molecule has 0 saturated carbocycles. The zero-order valence-corrected chi connectivity index (χ0v) is 18.0. The number of hydrogen-bond acceptors (Lipinski definition) is 2. The molecule has 2 atom stereocenters. The number of benzene rings is 2. The first-order valence-electron chi connectivity index (χ1n) is 10.4. The smallest absolute Gasteiger partial charge is 0.224 e. The Hall–Kier alpha value is -2.29. The van der Waals surface area contributed by atoms with E-state index in [2.05, 4.69) is 82.1 Å². The van der Waals surface area contributed by atoms with Gasteiger partial charge in [0.1, 0.15) is 0 Å². The van der Waals surface area contributed by atoms with Crippen molar-refractivity contribution in [1.82, 2.24) is 0 Å². The lowest BCUT2D eigenvalue weighted by atomic mass is 9.92. The summed E-state index contributed by atoms with van der Waals surface area (Å²) in [5, 5.41) is 3.15. The zero-order valence-electron chi connectivity index (χ0n) is 18.0. The van der Waals surface area contributed by atoms with E-state index in [9.17, 15) is 4.79 Å². The van der Waals surface area contributed by atoms with E-state index in [1.54, 1.807) is 5.56 Å². The summed E-state index contributed by atoms with van der Waals surface area (Å²) in [5.41, 5.74) is 8.95. The number of hydrogen-bond donors (Lipinski definition) is 1. The monoisotopic (exact) mass is 376 g/mol. The average molecular weight is 377 g/mol. The number of carbonyl (C=O) groups is 1. The highest BCUT2D eigenvalue weighted by molar-refractivity contribution is 5.93. The second-order valence-electron chi connectivity index (χ2n) is 9.97. The predicted octanol–water partition coefficient (Wildman–Crippen LogP) is 6.04. The molecule has 1 aliphatic heterocycles. The molecule has 0 aromatic heterocycles. The highest BCUT2D eigenvalue weighted by atomic mass is 16.1. The Morgan fingerprint density at radius 3 is 2.39 bits per heavy atom. The van der Waals surface area contributed by atoms with E-state index in [0.717, 1.165) is 23.4 Å². The van der Waals surface area contributed by atoms with Crippen molar-refractivity contribution in [3.05, 3.63) is 58.1 Å². The van der Waals surface area contributed by atoms with Crippen LogP contribution in [0.2, 0.25) is 0 Å². The summed E-state index contributed by atoms with van der Waals surface area (Å²) in [6, 6.07) is 11.9. The van der Waals surface area contributed by atoms with Gasteiger partial charge in [-0.05, 0) is 67.0 Å². The summed E-state index contributed by atoms with van der Waals surface area (Å²) in [6.07, 6.45) is 1.75. The molecule has 1 N–H and O–H groups in total. The zero-order chi connectivity index (χ0) is 20.2. The van der Waals surface area contributed by atoms with Gasteiger partial charge < -0.3 is 10.2 Å². The standard InChI is InChI=1S/C25H32N2O/c1-15-7-8-20-21(9-15)18-12-22(20)27(14-18)19-10-16(2)24(17(3)11-19)26-23(28)13-25(4,5)6/h7-11,18,22H,12-14H2,1-6H3,(H,26,28)/t18-,22+/m0/s1. The third kappa shape index (κ3) is 3.43. The van der Waals surface area contributed by atoms with Crippen LogP contribution in [-0.2, 0) is 4.79 Å². The molecule has 4 rings (SSSR count). The fourth-order valence-electron chi connectivity index (χ4n) is 4.96. The minimum atomic E-state index is -0.00757. The molecule has 0 radical (unpaired) electrons. The number of rotatable bonds is 3. The second kappa shape index (κ2) is 6.65. The summed E-state index contributed by atoms with van der Waals surface area (Å²) in [4.78, 5) is 15.0. The molecule has 1 heterocycles. The lowest BCUT2D eigenvalue weighted by Crippen LogP contribution is -2.27. The molecule has 28 heavy (non-hydrogen) atoms. The molecule has 1 aliphatic carbocycles. The Morgan fingerprint density at radius 2 is 1.75 bits per heavy atom. The van der Waals surface area contributed by atoms with Gasteiger partial charge in [0.15, 0.2) is 0 Å². The van der Waals surface area contributed by atoms with E-state index in [4.69, 9.17) is 0 Å². The number of nitrogens with zero attached hydrogens (tertiary/aromatic N) is 1. The van der Waals surface area contributed by atoms with E-state index < -0.39 is 0 Å². The first kappa shape index (κ1) is 19.0. The van der Waals surface area contributed by atoms with E-state index in [1.807, 2.05) is 0 Å². The van der Waals surface area contributed by atoms with Gasteiger partial charge in [0.25, 0.3) is 0 Å². The summed E-state index contributed by atoms with van der Waals surface area (Å²) in [6.45, 7) is 13.8. The first-order chi connectivity index (χ1) is 13.1. The highest BCUT2D eigenvalue weighted by Crippen LogP contribution is 2.52. The van der Waals surface area contributed by atoms with Crippen molar-refractivity contribution < 1.29 is 4.79 Å². The molecule has 1 saturated heterocycles. The lowest BCUT2D eigenvalue weighted by molar-refractivity contribution is -0.117. The van der Waals surface area contributed by atoms with Gasteiger partial charge in [0, 0.05) is 30.3 Å². The fraction of sp³-hybridized carbons (Fsp3) is 0.480. The van der Waals surface area contributed by atoms with Gasteiger partial charge in [-0.15, -0.1) is 0 Å². The Bertz CT molecular complexity index is 915. The van der Waals surface area contributed by atoms with Gasteiger partial charge in [-0.2, -0.15) is 0 Å². The van der Waals surface area contributed by atoms with Gasteiger partial charge in [-0.25, -0.2) is 0 Å². The molecule has 2 aromatic carbocycles. The van der Waals surface area contributed by atoms with Crippen LogP contribution in [0.25, 0.3) is 0 Å². The maximum atomic E-state index is 12.4. The predicted molar refractivity (Wildman–Crippen MR) is 117 cm³/mol. The van der Waals surface area contributed by atoms with Gasteiger partial charge >= 0.3 is 0 Å². The summed E-state index contributed by atoms with van der Waals surface area (Å²) in [5.74, 6) is 0.739. The Balaban J connectivity index is 1.58. The quantitative estimate of drug-likeness (QED) is 0.709. The minimum Gasteiger partial charge on any atom is -0.364 e. The second-order valence-corrected chi connectivity index (χ2v) is 9.97. The molecule has 2 aromatic rings. The van der Waals surface area contributed by atoms with Crippen LogP contribution in [0.4, 0.5) is 11.4 Å². The molecule has 0 spiro atoms. The fourth-order valence-corrected chi connectivity index (χ4v) is 4.96. The van der Waals surface area contributed by atoms with Gasteiger partial charge in [0.2, 0.25) is 5.91 Å². The van der Waals surface area contributed by atoms with Crippen LogP contribution in [0.15, 0.2) is 30.3 Å². The number of amides is 1. The van der Waals surface area contributed by atoms with Crippen LogP contribution in [-0.4, -0.2) is 12.5 Å². The third-order valence-corrected chi connectivity index (χ3v) is 6.15. The number of nitrogens with one attached hydrogen (secondary N) is 1. The molecule has 2 bridgehead atoms. The number of carbonyl (C=O) groups excluding carboxylic acids is 1. The largest absolute Gasteiger partial charge is 0.364 e. The third-order valence-electron chi connectivity index (χ3n) is 6.15. The van der Waals surface area contributed by atoms with E-state index >= 15 is 0 Å². The number of aryl methyl sites for hydroxylation is 3. The summed E-state index contributed by atoms with van der Waals surface area (Å²) in [7, 11) is 0. The topological polar surface area (TPSA) is 32.3 Å². The van der Waals surface area contributed by atoms with Crippen LogP contribution in [0.5, 0.6) is 0 Å². The molecule has 1 amide bonds.